The fraction of sp³-hybridized carbons (Fsp3) is 0.300. The highest BCUT2D eigenvalue weighted by molar-refractivity contribution is 9.09. The Bertz CT molecular complexity index is 419. The molecular weight excluding hydrogens is 278 g/mol. The topological polar surface area (TPSA) is 69.4 Å². The van der Waals surface area contributed by atoms with Crippen molar-refractivity contribution in [2.24, 2.45) is 0 Å². The van der Waals surface area contributed by atoms with Gasteiger partial charge in [0, 0.05) is 11.4 Å². The summed E-state index contributed by atoms with van der Waals surface area (Å²) in [5.41, 5.74) is 0.610. The lowest BCUT2D eigenvalue weighted by molar-refractivity contribution is -0.385. The molecule has 86 valence electrons. The summed E-state index contributed by atoms with van der Waals surface area (Å²) in [6.07, 6.45) is 0.696. The molecule has 0 aliphatic rings. The molecule has 0 amide bonds. The average Bonchev–Trinajstić information content (AvgIpc) is 2.28. The summed E-state index contributed by atoms with van der Waals surface area (Å²) in [7, 11) is 1.20. The van der Waals surface area contributed by atoms with Crippen molar-refractivity contribution in [3.05, 3.63) is 39.4 Å². The molecule has 0 heterocycles. The van der Waals surface area contributed by atoms with Crippen LogP contribution in [0.3, 0.4) is 0 Å². The van der Waals surface area contributed by atoms with Crippen molar-refractivity contribution in [2.45, 2.75) is 6.42 Å². The van der Waals surface area contributed by atoms with E-state index in [1.165, 1.54) is 19.2 Å². The van der Waals surface area contributed by atoms with Crippen LogP contribution in [0.1, 0.15) is 15.9 Å². The summed E-state index contributed by atoms with van der Waals surface area (Å²) < 4.78 is 4.51. The normalized spacial score (nSPS) is 9.88. The highest BCUT2D eigenvalue weighted by atomic mass is 79.9. The molecule has 0 fully saturated rings. The van der Waals surface area contributed by atoms with Gasteiger partial charge in [0.1, 0.15) is 5.56 Å². The highest BCUT2D eigenvalue weighted by Gasteiger charge is 2.20. The van der Waals surface area contributed by atoms with Gasteiger partial charge in [-0.1, -0.05) is 22.0 Å². The van der Waals surface area contributed by atoms with Crippen molar-refractivity contribution in [3.8, 4) is 0 Å². The maximum Gasteiger partial charge on any atom is 0.344 e. The predicted octanol–water partition coefficient (Wildman–Crippen LogP) is 2.32. The van der Waals surface area contributed by atoms with Crippen molar-refractivity contribution < 1.29 is 14.5 Å². The number of halogens is 1. The van der Waals surface area contributed by atoms with E-state index in [1.54, 1.807) is 6.07 Å². The first kappa shape index (κ1) is 12.6. The molecule has 1 aromatic carbocycles. The first-order valence-corrected chi connectivity index (χ1v) is 5.64. The Morgan fingerprint density at radius 2 is 2.25 bits per heavy atom. The van der Waals surface area contributed by atoms with Gasteiger partial charge in [-0.05, 0) is 18.1 Å². The molecule has 0 radical (unpaired) electrons. The molecule has 0 bridgehead atoms. The third-order valence-corrected chi connectivity index (χ3v) is 2.44. The molecule has 0 saturated heterocycles. The van der Waals surface area contributed by atoms with Crippen LogP contribution >= 0.6 is 15.9 Å². The Hall–Kier alpha value is -1.43. The lowest BCUT2D eigenvalue weighted by Crippen LogP contribution is -2.06. The number of alkyl halides is 1. The van der Waals surface area contributed by atoms with Gasteiger partial charge in [0.15, 0.2) is 0 Å². The van der Waals surface area contributed by atoms with Gasteiger partial charge in [-0.2, -0.15) is 0 Å². The maximum absolute atomic E-state index is 11.4. The van der Waals surface area contributed by atoms with E-state index in [0.717, 1.165) is 10.9 Å². The average molecular weight is 288 g/mol. The van der Waals surface area contributed by atoms with Crippen LogP contribution in [-0.2, 0) is 11.2 Å². The number of nitro benzene ring substituents is 1. The van der Waals surface area contributed by atoms with Gasteiger partial charge >= 0.3 is 5.97 Å². The van der Waals surface area contributed by atoms with Gasteiger partial charge in [0.25, 0.3) is 5.69 Å². The number of carbonyl (C=O) groups excluding carboxylic acids is 1. The minimum absolute atomic E-state index is 0.00838. The first-order chi connectivity index (χ1) is 7.60. The first-order valence-electron chi connectivity index (χ1n) is 4.51. The van der Waals surface area contributed by atoms with Gasteiger partial charge in [-0.15, -0.1) is 0 Å². The largest absolute Gasteiger partial charge is 0.465 e. The molecule has 0 N–H and O–H groups in total. The van der Waals surface area contributed by atoms with Crippen molar-refractivity contribution in [3.63, 3.8) is 0 Å². The molecule has 0 unspecified atom stereocenters. The van der Waals surface area contributed by atoms with E-state index < -0.39 is 10.9 Å². The van der Waals surface area contributed by atoms with Crippen molar-refractivity contribution in [1.82, 2.24) is 0 Å². The number of esters is 1. The smallest absolute Gasteiger partial charge is 0.344 e. The summed E-state index contributed by atoms with van der Waals surface area (Å²) in [5, 5.41) is 11.4. The third kappa shape index (κ3) is 2.79. The third-order valence-electron chi connectivity index (χ3n) is 2.05. The molecule has 1 rings (SSSR count). The minimum Gasteiger partial charge on any atom is -0.465 e. The van der Waals surface area contributed by atoms with Crippen LogP contribution in [-0.4, -0.2) is 23.3 Å². The van der Waals surface area contributed by atoms with E-state index in [9.17, 15) is 14.9 Å². The van der Waals surface area contributed by atoms with E-state index in [-0.39, 0.29) is 11.3 Å². The van der Waals surface area contributed by atoms with Gasteiger partial charge < -0.3 is 4.74 Å². The number of rotatable bonds is 4. The van der Waals surface area contributed by atoms with Crippen LogP contribution in [0.2, 0.25) is 0 Å². The summed E-state index contributed by atoms with van der Waals surface area (Å²) >= 11 is 3.26. The van der Waals surface area contributed by atoms with Crippen LogP contribution in [0.5, 0.6) is 0 Å². The molecule has 0 spiro atoms. The van der Waals surface area contributed by atoms with E-state index in [4.69, 9.17) is 0 Å². The number of ether oxygens (including phenoxy) is 1. The van der Waals surface area contributed by atoms with E-state index in [2.05, 4.69) is 20.7 Å². The van der Waals surface area contributed by atoms with Crippen molar-refractivity contribution in [1.29, 1.82) is 0 Å². The van der Waals surface area contributed by atoms with Crippen molar-refractivity contribution >= 4 is 27.6 Å². The number of methoxy groups -OCH3 is 1. The molecule has 6 heteroatoms. The summed E-state index contributed by atoms with van der Waals surface area (Å²) in [6, 6.07) is 4.45. The number of hydrogen-bond donors (Lipinski definition) is 0. The standard InChI is InChI=1S/C10H10BrNO4/c1-16-10(13)8-6-7(4-5-11)2-3-9(8)12(14)15/h2-3,6H,4-5H2,1H3. The van der Waals surface area contributed by atoms with E-state index in [1.807, 2.05) is 0 Å². The lowest BCUT2D eigenvalue weighted by atomic mass is 10.1. The number of benzene rings is 1. The van der Waals surface area contributed by atoms with Crippen LogP contribution in [0, 0.1) is 10.1 Å². The summed E-state index contributed by atoms with van der Waals surface area (Å²) in [6.45, 7) is 0. The van der Waals surface area contributed by atoms with Gasteiger partial charge in [-0.3, -0.25) is 10.1 Å². The van der Waals surface area contributed by atoms with Crippen LogP contribution < -0.4 is 0 Å². The Morgan fingerprint density at radius 3 is 2.75 bits per heavy atom. The summed E-state index contributed by atoms with van der Waals surface area (Å²) in [5.74, 6) is -0.692. The maximum atomic E-state index is 11.4. The van der Waals surface area contributed by atoms with Crippen molar-refractivity contribution in [2.75, 3.05) is 12.4 Å². The zero-order chi connectivity index (χ0) is 12.1. The highest BCUT2D eigenvalue weighted by Crippen LogP contribution is 2.21. The Balaban J connectivity index is 3.21. The zero-order valence-electron chi connectivity index (χ0n) is 8.60. The fourth-order valence-corrected chi connectivity index (χ4v) is 1.74. The zero-order valence-corrected chi connectivity index (χ0v) is 10.2. The minimum atomic E-state index is -0.692. The number of aryl methyl sites for hydroxylation is 1. The Morgan fingerprint density at radius 1 is 1.56 bits per heavy atom. The quantitative estimate of drug-likeness (QED) is 0.369. The Labute approximate surface area is 101 Å². The SMILES string of the molecule is COC(=O)c1cc(CCBr)ccc1[N+](=O)[O-]. The number of nitrogens with zero attached hydrogens (tertiary/aromatic N) is 1. The fourth-order valence-electron chi connectivity index (χ4n) is 1.28. The molecular formula is C10H10BrNO4. The monoisotopic (exact) mass is 287 g/mol. The number of carbonyl (C=O) groups is 1. The van der Waals surface area contributed by atoms with E-state index in [0.29, 0.717) is 6.42 Å². The predicted molar refractivity (Wildman–Crippen MR) is 61.9 cm³/mol. The molecule has 0 atom stereocenters. The Kier molecular flexibility index (Phi) is 4.42. The molecule has 1 aromatic rings. The van der Waals surface area contributed by atoms with Crippen LogP contribution in [0.25, 0.3) is 0 Å². The van der Waals surface area contributed by atoms with Crippen LogP contribution in [0.15, 0.2) is 18.2 Å². The van der Waals surface area contributed by atoms with Gasteiger partial charge in [-0.25, -0.2) is 4.79 Å². The molecule has 5 nitrogen and oxygen atoms in total. The molecule has 16 heavy (non-hydrogen) atoms. The second kappa shape index (κ2) is 5.60. The van der Waals surface area contributed by atoms with Gasteiger partial charge in [0.2, 0.25) is 0 Å². The number of hydrogen-bond acceptors (Lipinski definition) is 4. The second-order valence-corrected chi connectivity index (χ2v) is 3.83. The molecule has 0 aromatic heterocycles. The lowest BCUT2D eigenvalue weighted by Gasteiger charge is -2.03. The molecule has 0 aliphatic carbocycles. The van der Waals surface area contributed by atoms with Crippen LogP contribution in [0.4, 0.5) is 5.69 Å². The molecule has 0 saturated carbocycles. The number of nitro groups is 1. The second-order valence-electron chi connectivity index (χ2n) is 3.04. The molecule has 0 aliphatic heterocycles. The summed E-state index contributed by atoms with van der Waals surface area (Å²) in [4.78, 5) is 21.5. The van der Waals surface area contributed by atoms with E-state index >= 15 is 0 Å². The van der Waals surface area contributed by atoms with Gasteiger partial charge in [0.05, 0.1) is 12.0 Å².